The van der Waals surface area contributed by atoms with Crippen LogP contribution in [-0.4, -0.2) is 18.3 Å². The van der Waals surface area contributed by atoms with Crippen molar-refractivity contribution in [1.29, 1.82) is 5.26 Å². The van der Waals surface area contributed by atoms with Crippen LogP contribution in [0, 0.1) is 21.4 Å². The number of nitro groups is 1. The average molecular weight is 220 g/mol. The molecule has 1 aromatic rings. The van der Waals surface area contributed by atoms with Gasteiger partial charge in [0.15, 0.2) is 12.0 Å². The van der Waals surface area contributed by atoms with Crippen molar-refractivity contribution in [3.8, 4) is 11.8 Å². The molecule has 0 aromatic heterocycles. The summed E-state index contributed by atoms with van der Waals surface area (Å²) in [6, 6.07) is 4.32. The zero-order valence-electron chi connectivity index (χ0n) is 8.47. The normalized spacial score (nSPS) is 9.25. The average Bonchev–Trinajstić information content (AvgIpc) is 2.28. The lowest BCUT2D eigenvalue weighted by Crippen LogP contribution is -1.99. The van der Waals surface area contributed by atoms with E-state index in [1.807, 2.05) is 6.07 Å². The lowest BCUT2D eigenvalue weighted by atomic mass is 10.0. The molecular weight excluding hydrogens is 212 g/mol. The van der Waals surface area contributed by atoms with Crippen LogP contribution in [-0.2, 0) is 6.42 Å². The van der Waals surface area contributed by atoms with Gasteiger partial charge in [0.25, 0.3) is 0 Å². The first-order chi connectivity index (χ1) is 7.63. The highest BCUT2D eigenvalue weighted by atomic mass is 16.6. The van der Waals surface area contributed by atoms with Gasteiger partial charge in [0.2, 0.25) is 0 Å². The van der Waals surface area contributed by atoms with E-state index in [-0.39, 0.29) is 23.4 Å². The van der Waals surface area contributed by atoms with Crippen LogP contribution < -0.4 is 4.74 Å². The van der Waals surface area contributed by atoms with Crippen molar-refractivity contribution < 1.29 is 14.5 Å². The van der Waals surface area contributed by atoms with Gasteiger partial charge in [0.1, 0.15) is 0 Å². The topological polar surface area (TPSA) is 93.2 Å². The maximum atomic E-state index is 10.7. The van der Waals surface area contributed by atoms with E-state index >= 15 is 0 Å². The second-order valence-electron chi connectivity index (χ2n) is 2.93. The number of nitriles is 1. The molecule has 0 spiro atoms. The number of ether oxygens (including phenoxy) is 1. The van der Waals surface area contributed by atoms with Crippen molar-refractivity contribution in [2.45, 2.75) is 6.42 Å². The number of hydrogen-bond donors (Lipinski definition) is 0. The molecule has 6 heteroatoms. The maximum Gasteiger partial charge on any atom is 0.311 e. The molecule has 16 heavy (non-hydrogen) atoms. The molecule has 0 saturated heterocycles. The third-order valence-corrected chi connectivity index (χ3v) is 2.03. The summed E-state index contributed by atoms with van der Waals surface area (Å²) in [5, 5.41) is 19.2. The molecule has 0 saturated carbocycles. The summed E-state index contributed by atoms with van der Waals surface area (Å²) in [6.07, 6.45) is 0.488. The van der Waals surface area contributed by atoms with Gasteiger partial charge in [-0.25, -0.2) is 0 Å². The number of carbonyl (C=O) groups excluding carboxylic acids is 1. The Hall–Kier alpha value is -2.42. The van der Waals surface area contributed by atoms with E-state index < -0.39 is 4.92 Å². The number of methoxy groups -OCH3 is 1. The van der Waals surface area contributed by atoms with E-state index in [1.165, 1.54) is 13.2 Å². The smallest absolute Gasteiger partial charge is 0.311 e. The summed E-state index contributed by atoms with van der Waals surface area (Å²) in [5.74, 6) is 0.0425. The monoisotopic (exact) mass is 220 g/mol. The van der Waals surface area contributed by atoms with Crippen molar-refractivity contribution in [3.05, 3.63) is 33.4 Å². The highest BCUT2D eigenvalue weighted by Gasteiger charge is 2.18. The van der Waals surface area contributed by atoms with Gasteiger partial charge in [-0.15, -0.1) is 0 Å². The molecule has 0 bridgehead atoms. The Morgan fingerprint density at radius 3 is 2.75 bits per heavy atom. The molecule has 0 aliphatic heterocycles. The Labute approximate surface area is 91.2 Å². The van der Waals surface area contributed by atoms with Crippen LogP contribution in [0.25, 0.3) is 0 Å². The molecule has 82 valence electrons. The van der Waals surface area contributed by atoms with Gasteiger partial charge in [0, 0.05) is 11.6 Å². The summed E-state index contributed by atoms with van der Waals surface area (Å²) in [5.41, 5.74) is 0.264. The first-order valence-corrected chi connectivity index (χ1v) is 4.31. The summed E-state index contributed by atoms with van der Waals surface area (Å²) in [7, 11) is 1.29. The fourth-order valence-electron chi connectivity index (χ4n) is 1.28. The first kappa shape index (κ1) is 11.7. The standard InChI is InChI=1S/C10H8N2O4/c1-16-10-5-7(2-3-11)8(6-13)4-9(10)12(14)15/h4-6H,2H2,1H3. The van der Waals surface area contributed by atoms with Gasteiger partial charge in [-0.05, 0) is 11.6 Å². The Kier molecular flexibility index (Phi) is 3.56. The number of aldehydes is 1. The summed E-state index contributed by atoms with van der Waals surface area (Å²) in [4.78, 5) is 20.7. The number of carbonyl (C=O) groups is 1. The molecule has 0 radical (unpaired) electrons. The van der Waals surface area contributed by atoms with E-state index in [2.05, 4.69) is 0 Å². The molecule has 0 amide bonds. The molecule has 6 nitrogen and oxygen atoms in total. The molecular formula is C10H8N2O4. The predicted molar refractivity (Wildman–Crippen MR) is 54.4 cm³/mol. The predicted octanol–water partition coefficient (Wildman–Crippen LogP) is 1.48. The zero-order valence-corrected chi connectivity index (χ0v) is 8.47. The number of nitro benzene ring substituents is 1. The van der Waals surface area contributed by atoms with E-state index in [0.717, 1.165) is 6.07 Å². The SMILES string of the molecule is COc1cc(CC#N)c(C=O)cc1[N+](=O)[O-]. The lowest BCUT2D eigenvalue weighted by molar-refractivity contribution is -0.385. The third-order valence-electron chi connectivity index (χ3n) is 2.03. The minimum Gasteiger partial charge on any atom is -0.490 e. The molecule has 0 aliphatic rings. The highest BCUT2D eigenvalue weighted by Crippen LogP contribution is 2.29. The molecule has 0 N–H and O–H groups in total. The van der Waals surface area contributed by atoms with Gasteiger partial charge >= 0.3 is 5.69 Å². The van der Waals surface area contributed by atoms with Crippen LogP contribution in [0.1, 0.15) is 15.9 Å². The third kappa shape index (κ3) is 2.15. The molecule has 0 unspecified atom stereocenters. The van der Waals surface area contributed by atoms with Crippen LogP contribution in [0.15, 0.2) is 12.1 Å². The van der Waals surface area contributed by atoms with E-state index in [0.29, 0.717) is 11.8 Å². The van der Waals surface area contributed by atoms with E-state index in [9.17, 15) is 14.9 Å². The lowest BCUT2D eigenvalue weighted by Gasteiger charge is -2.05. The Morgan fingerprint density at radius 1 is 1.62 bits per heavy atom. The zero-order chi connectivity index (χ0) is 12.1. The summed E-state index contributed by atoms with van der Waals surface area (Å²) in [6.45, 7) is 0. The largest absolute Gasteiger partial charge is 0.490 e. The van der Waals surface area contributed by atoms with Gasteiger partial charge in [0.05, 0.1) is 24.5 Å². The Bertz CT molecular complexity index is 476. The Balaban J connectivity index is 3.40. The quantitative estimate of drug-likeness (QED) is 0.435. The van der Waals surface area contributed by atoms with Crippen LogP contribution in [0.5, 0.6) is 5.75 Å². The number of nitrogens with zero attached hydrogens (tertiary/aromatic N) is 2. The fourth-order valence-corrected chi connectivity index (χ4v) is 1.28. The highest BCUT2D eigenvalue weighted by molar-refractivity contribution is 5.80. The second kappa shape index (κ2) is 4.89. The minimum atomic E-state index is -0.637. The van der Waals surface area contributed by atoms with E-state index in [1.54, 1.807) is 0 Å². The van der Waals surface area contributed by atoms with Gasteiger partial charge in [-0.1, -0.05) is 0 Å². The molecule has 0 fully saturated rings. The van der Waals surface area contributed by atoms with Crippen molar-refractivity contribution >= 4 is 12.0 Å². The van der Waals surface area contributed by atoms with Crippen molar-refractivity contribution in [1.82, 2.24) is 0 Å². The maximum absolute atomic E-state index is 10.7. The number of hydrogen-bond acceptors (Lipinski definition) is 5. The van der Waals surface area contributed by atoms with Crippen LogP contribution in [0.2, 0.25) is 0 Å². The molecule has 1 aromatic carbocycles. The number of benzene rings is 1. The van der Waals surface area contributed by atoms with Crippen molar-refractivity contribution in [2.24, 2.45) is 0 Å². The minimum absolute atomic E-state index is 0.00241. The first-order valence-electron chi connectivity index (χ1n) is 4.31. The van der Waals surface area contributed by atoms with Crippen LogP contribution in [0.3, 0.4) is 0 Å². The number of rotatable bonds is 4. The second-order valence-corrected chi connectivity index (χ2v) is 2.93. The Morgan fingerprint density at radius 2 is 2.31 bits per heavy atom. The van der Waals surface area contributed by atoms with Gasteiger partial charge in [-0.2, -0.15) is 5.26 Å². The van der Waals surface area contributed by atoms with Crippen LogP contribution in [0.4, 0.5) is 5.69 Å². The summed E-state index contributed by atoms with van der Waals surface area (Å²) >= 11 is 0. The van der Waals surface area contributed by atoms with Crippen LogP contribution >= 0.6 is 0 Å². The fraction of sp³-hybridized carbons (Fsp3) is 0.200. The molecule has 0 aliphatic carbocycles. The molecule has 0 heterocycles. The van der Waals surface area contributed by atoms with Crippen molar-refractivity contribution in [3.63, 3.8) is 0 Å². The van der Waals surface area contributed by atoms with Gasteiger partial charge in [-0.3, -0.25) is 14.9 Å². The molecule has 1 rings (SSSR count). The summed E-state index contributed by atoms with van der Waals surface area (Å²) < 4.78 is 4.83. The molecule has 0 atom stereocenters. The van der Waals surface area contributed by atoms with Gasteiger partial charge < -0.3 is 4.74 Å². The van der Waals surface area contributed by atoms with Crippen molar-refractivity contribution in [2.75, 3.05) is 7.11 Å². The van der Waals surface area contributed by atoms with E-state index in [4.69, 9.17) is 10.00 Å².